The molecule has 0 saturated heterocycles. The second kappa shape index (κ2) is 4.98. The molecule has 1 aliphatic rings. The molecule has 2 rings (SSSR count). The molecule has 1 heterocycles. The first-order chi connectivity index (χ1) is 8.15. The summed E-state index contributed by atoms with van der Waals surface area (Å²) in [5.41, 5.74) is 7.64. The molecule has 2 N–H and O–H groups in total. The number of ether oxygens (including phenoxy) is 2. The van der Waals surface area contributed by atoms with Gasteiger partial charge in [0, 0.05) is 12.1 Å². The molecule has 0 spiro atoms. The van der Waals surface area contributed by atoms with Crippen LogP contribution in [0.2, 0.25) is 5.02 Å². The second-order valence-electron chi connectivity index (χ2n) is 4.22. The monoisotopic (exact) mass is 253 g/mol. The Bertz CT molecular complexity index is 455. The van der Waals surface area contributed by atoms with Crippen molar-refractivity contribution in [1.82, 2.24) is 0 Å². The van der Waals surface area contributed by atoms with Gasteiger partial charge in [0.15, 0.2) is 11.5 Å². The van der Waals surface area contributed by atoms with E-state index in [1.165, 1.54) is 0 Å². The van der Waals surface area contributed by atoms with Crippen LogP contribution in [0, 0.1) is 0 Å². The number of fused-ring (bicyclic) bond motifs is 1. The summed E-state index contributed by atoms with van der Waals surface area (Å²) in [5, 5.41) is 0.582. The van der Waals surface area contributed by atoms with Gasteiger partial charge in [-0.05, 0) is 17.5 Å². The van der Waals surface area contributed by atoms with Crippen LogP contribution in [-0.2, 0) is 0 Å². The Labute approximate surface area is 106 Å². The molecule has 0 bridgehead atoms. The summed E-state index contributed by atoms with van der Waals surface area (Å²) in [4.78, 5) is 0. The lowest BCUT2D eigenvalue weighted by Crippen LogP contribution is -1.98. The summed E-state index contributed by atoms with van der Waals surface area (Å²) in [6, 6.07) is 1.90. The molecule has 1 aromatic rings. The molecule has 0 aromatic heterocycles. The highest BCUT2D eigenvalue weighted by Crippen LogP contribution is 2.46. The number of hydrogen-bond donors (Lipinski definition) is 1. The topological polar surface area (TPSA) is 44.5 Å². The number of hydrogen-bond acceptors (Lipinski definition) is 3. The Hall–Kier alpha value is -1.19. The molecule has 0 unspecified atom stereocenters. The molecule has 0 atom stereocenters. The second-order valence-corrected chi connectivity index (χ2v) is 4.63. The molecular weight excluding hydrogens is 238 g/mol. The summed E-state index contributed by atoms with van der Waals surface area (Å²) < 4.78 is 10.9. The summed E-state index contributed by atoms with van der Waals surface area (Å²) >= 11 is 6.16. The fraction of sp³-hybridized carbons (Fsp3) is 0.385. The predicted molar refractivity (Wildman–Crippen MR) is 69.8 cm³/mol. The molecule has 3 nitrogen and oxygen atoms in total. The molecular formula is C13H16ClNO2. The van der Waals surface area contributed by atoms with Gasteiger partial charge in [-0.15, -0.1) is 0 Å². The van der Waals surface area contributed by atoms with Gasteiger partial charge in [0.05, 0.1) is 5.02 Å². The smallest absolute Gasteiger partial charge is 0.231 e. The molecule has 0 aliphatic carbocycles. The highest BCUT2D eigenvalue weighted by molar-refractivity contribution is 6.32. The molecule has 0 fully saturated rings. The van der Waals surface area contributed by atoms with Crippen LogP contribution in [0.1, 0.15) is 30.9 Å². The van der Waals surface area contributed by atoms with Gasteiger partial charge in [0.25, 0.3) is 0 Å². The normalized spacial score (nSPS) is 13.9. The maximum Gasteiger partial charge on any atom is 0.231 e. The van der Waals surface area contributed by atoms with E-state index >= 15 is 0 Å². The van der Waals surface area contributed by atoms with E-state index in [-0.39, 0.29) is 6.79 Å². The van der Waals surface area contributed by atoms with Crippen molar-refractivity contribution in [3.8, 4) is 11.5 Å². The quantitative estimate of drug-likeness (QED) is 0.900. The van der Waals surface area contributed by atoms with Crippen molar-refractivity contribution in [2.45, 2.75) is 19.8 Å². The summed E-state index contributed by atoms with van der Waals surface area (Å²) in [6.45, 7) is 4.97. The van der Waals surface area contributed by atoms with E-state index in [2.05, 4.69) is 13.8 Å². The van der Waals surface area contributed by atoms with Crippen LogP contribution in [-0.4, -0.2) is 13.3 Å². The fourth-order valence-corrected chi connectivity index (χ4v) is 2.25. The predicted octanol–water partition coefficient (Wildman–Crippen LogP) is 3.16. The van der Waals surface area contributed by atoms with E-state index in [1.807, 2.05) is 18.2 Å². The summed E-state index contributed by atoms with van der Waals surface area (Å²) in [6.07, 6.45) is 3.88. The summed E-state index contributed by atoms with van der Waals surface area (Å²) in [5.74, 6) is 1.75. The minimum absolute atomic E-state index is 0.235. The van der Waals surface area contributed by atoms with E-state index in [0.717, 1.165) is 16.9 Å². The van der Waals surface area contributed by atoms with Gasteiger partial charge in [0.1, 0.15) is 0 Å². The van der Waals surface area contributed by atoms with E-state index in [4.69, 9.17) is 26.8 Å². The van der Waals surface area contributed by atoms with Crippen LogP contribution in [0.15, 0.2) is 12.1 Å². The number of halogens is 1. The van der Waals surface area contributed by atoms with Crippen LogP contribution in [0.4, 0.5) is 0 Å². The first-order valence-electron chi connectivity index (χ1n) is 5.63. The zero-order chi connectivity index (χ0) is 12.4. The Balaban J connectivity index is 2.59. The van der Waals surface area contributed by atoms with Gasteiger partial charge in [-0.3, -0.25) is 0 Å². The number of nitrogens with two attached hydrogens (primary N) is 1. The van der Waals surface area contributed by atoms with Crippen molar-refractivity contribution in [3.63, 3.8) is 0 Å². The van der Waals surface area contributed by atoms with Crippen molar-refractivity contribution < 1.29 is 9.47 Å². The van der Waals surface area contributed by atoms with Crippen LogP contribution < -0.4 is 15.2 Å². The molecule has 92 valence electrons. The van der Waals surface area contributed by atoms with Gasteiger partial charge < -0.3 is 15.2 Å². The average Bonchev–Trinajstić information content (AvgIpc) is 2.74. The first-order valence-corrected chi connectivity index (χ1v) is 6.01. The highest BCUT2D eigenvalue weighted by Gasteiger charge is 2.25. The zero-order valence-corrected chi connectivity index (χ0v) is 10.8. The number of benzene rings is 1. The first kappa shape index (κ1) is 12.3. The Morgan fingerprint density at radius 2 is 2.12 bits per heavy atom. The molecule has 1 aliphatic heterocycles. The van der Waals surface area contributed by atoms with E-state index in [1.54, 1.807) is 0 Å². The van der Waals surface area contributed by atoms with Crippen molar-refractivity contribution in [2.24, 2.45) is 5.73 Å². The fourth-order valence-electron chi connectivity index (χ4n) is 2.00. The Kier molecular flexibility index (Phi) is 3.60. The Morgan fingerprint density at radius 1 is 1.41 bits per heavy atom. The lowest BCUT2D eigenvalue weighted by Gasteiger charge is -2.14. The van der Waals surface area contributed by atoms with Gasteiger partial charge in [-0.25, -0.2) is 0 Å². The van der Waals surface area contributed by atoms with Gasteiger partial charge in [0.2, 0.25) is 6.79 Å². The zero-order valence-electron chi connectivity index (χ0n) is 10.00. The minimum Gasteiger partial charge on any atom is -0.453 e. The van der Waals surface area contributed by atoms with E-state index in [0.29, 0.717) is 23.2 Å². The maximum atomic E-state index is 6.16. The molecule has 1 aromatic carbocycles. The van der Waals surface area contributed by atoms with E-state index < -0.39 is 0 Å². The minimum atomic E-state index is 0.235. The third kappa shape index (κ3) is 2.26. The van der Waals surface area contributed by atoms with Gasteiger partial charge in [-0.1, -0.05) is 37.6 Å². The van der Waals surface area contributed by atoms with Crippen molar-refractivity contribution in [1.29, 1.82) is 0 Å². The largest absolute Gasteiger partial charge is 0.453 e. The van der Waals surface area contributed by atoms with Crippen LogP contribution in [0.25, 0.3) is 6.08 Å². The van der Waals surface area contributed by atoms with Crippen molar-refractivity contribution in [2.75, 3.05) is 13.3 Å². The third-order valence-electron chi connectivity index (χ3n) is 2.68. The molecule has 0 amide bonds. The molecule has 0 radical (unpaired) electrons. The SMILES string of the molecule is CC(C)c1c(/C=C/CN)cc(Cl)c2c1OCO2. The third-order valence-corrected chi connectivity index (χ3v) is 2.96. The molecule has 4 heteroatoms. The van der Waals surface area contributed by atoms with Gasteiger partial charge >= 0.3 is 0 Å². The van der Waals surface area contributed by atoms with Crippen LogP contribution >= 0.6 is 11.6 Å². The van der Waals surface area contributed by atoms with Crippen molar-refractivity contribution in [3.05, 3.63) is 28.3 Å². The van der Waals surface area contributed by atoms with Crippen LogP contribution in [0.3, 0.4) is 0 Å². The van der Waals surface area contributed by atoms with Gasteiger partial charge in [-0.2, -0.15) is 0 Å². The highest BCUT2D eigenvalue weighted by atomic mass is 35.5. The van der Waals surface area contributed by atoms with E-state index in [9.17, 15) is 0 Å². The van der Waals surface area contributed by atoms with Crippen LogP contribution in [0.5, 0.6) is 11.5 Å². The number of rotatable bonds is 3. The lowest BCUT2D eigenvalue weighted by atomic mass is 9.95. The standard InChI is InChI=1S/C13H16ClNO2/c1-8(2)11-9(4-3-5-15)6-10(14)12-13(11)17-7-16-12/h3-4,6,8H,5,7,15H2,1-2H3/b4-3+. The lowest BCUT2D eigenvalue weighted by molar-refractivity contribution is 0.173. The maximum absolute atomic E-state index is 6.16. The van der Waals surface area contributed by atoms with Crippen molar-refractivity contribution >= 4 is 17.7 Å². The molecule has 0 saturated carbocycles. The molecule has 17 heavy (non-hydrogen) atoms. The Morgan fingerprint density at radius 3 is 2.76 bits per heavy atom. The average molecular weight is 254 g/mol. The summed E-state index contributed by atoms with van der Waals surface area (Å²) in [7, 11) is 0.